The van der Waals surface area contributed by atoms with Crippen molar-refractivity contribution in [3.8, 4) is 0 Å². The molecule has 0 heterocycles. The second-order valence-corrected chi connectivity index (χ2v) is 5.04. The first kappa shape index (κ1) is 15.8. The van der Waals surface area contributed by atoms with Crippen LogP contribution in [0.25, 0.3) is 0 Å². The number of hydrogen-bond acceptors (Lipinski definition) is 2. The third kappa shape index (κ3) is 5.09. The maximum absolute atomic E-state index is 11.9. The molecule has 1 rings (SSSR count). The summed E-state index contributed by atoms with van der Waals surface area (Å²) in [4.78, 5) is 23.0. The molecule has 6 heteroatoms. The molecule has 0 spiro atoms. The van der Waals surface area contributed by atoms with Gasteiger partial charge in [-0.25, -0.2) is 4.79 Å². The molecule has 0 saturated heterocycles. The second-order valence-electron chi connectivity index (χ2n) is 4.16. The lowest BCUT2D eigenvalue weighted by Gasteiger charge is -2.14. The first-order chi connectivity index (χ1) is 8.93. The Morgan fingerprint density at radius 3 is 2.32 bits per heavy atom. The molecule has 0 bridgehead atoms. The smallest absolute Gasteiger partial charge is 0.326 e. The van der Waals surface area contributed by atoms with Gasteiger partial charge in [-0.15, -0.1) is 0 Å². The van der Waals surface area contributed by atoms with E-state index in [4.69, 9.17) is 28.3 Å². The van der Waals surface area contributed by atoms with E-state index in [2.05, 4.69) is 5.32 Å². The van der Waals surface area contributed by atoms with Crippen molar-refractivity contribution in [3.05, 3.63) is 33.8 Å². The monoisotopic (exact) mass is 303 g/mol. The highest BCUT2D eigenvalue weighted by molar-refractivity contribution is 6.35. The molecule has 1 atom stereocenters. The minimum Gasteiger partial charge on any atom is -0.480 e. The highest BCUT2D eigenvalue weighted by Gasteiger charge is 2.20. The van der Waals surface area contributed by atoms with E-state index < -0.39 is 17.9 Å². The van der Waals surface area contributed by atoms with Crippen LogP contribution < -0.4 is 5.32 Å². The average molecular weight is 304 g/mol. The summed E-state index contributed by atoms with van der Waals surface area (Å²) >= 11 is 11.6. The molecule has 104 valence electrons. The highest BCUT2D eigenvalue weighted by Crippen LogP contribution is 2.19. The van der Waals surface area contributed by atoms with Crippen molar-refractivity contribution in [3.63, 3.8) is 0 Å². The summed E-state index contributed by atoms with van der Waals surface area (Å²) in [5, 5.41) is 12.2. The standard InChI is InChI=1S/C13H15Cl2NO3/c1-2-3-4-11(13(18)19)16-12(17)8-5-9(14)7-10(15)6-8/h5-7,11H,2-4H2,1H3,(H,16,17)(H,18,19)/t11-/m0/s1. The van der Waals surface area contributed by atoms with Gasteiger partial charge in [-0.05, 0) is 24.6 Å². The zero-order chi connectivity index (χ0) is 14.4. The number of carboxylic acid groups (broad SMARTS) is 1. The number of unbranched alkanes of at least 4 members (excludes halogenated alkanes) is 1. The Bertz CT molecular complexity index is 457. The van der Waals surface area contributed by atoms with Crippen LogP contribution in [0.4, 0.5) is 0 Å². The van der Waals surface area contributed by atoms with Gasteiger partial charge < -0.3 is 10.4 Å². The largest absolute Gasteiger partial charge is 0.480 e. The Hall–Kier alpha value is -1.26. The van der Waals surface area contributed by atoms with Gasteiger partial charge in [-0.2, -0.15) is 0 Å². The number of nitrogens with one attached hydrogen (secondary N) is 1. The van der Waals surface area contributed by atoms with E-state index in [0.717, 1.165) is 12.8 Å². The quantitative estimate of drug-likeness (QED) is 0.847. The van der Waals surface area contributed by atoms with Crippen LogP contribution in [0.3, 0.4) is 0 Å². The van der Waals surface area contributed by atoms with Crippen molar-refractivity contribution in [2.24, 2.45) is 0 Å². The number of rotatable bonds is 6. The van der Waals surface area contributed by atoms with Crippen molar-refractivity contribution in [1.29, 1.82) is 0 Å². The van der Waals surface area contributed by atoms with E-state index in [1.54, 1.807) is 0 Å². The van der Waals surface area contributed by atoms with E-state index >= 15 is 0 Å². The van der Waals surface area contributed by atoms with Gasteiger partial charge in [0.1, 0.15) is 6.04 Å². The Kier molecular flexibility index (Phi) is 6.12. The zero-order valence-corrected chi connectivity index (χ0v) is 12.0. The summed E-state index contributed by atoms with van der Waals surface area (Å²) in [6.07, 6.45) is 1.99. The average Bonchev–Trinajstić information content (AvgIpc) is 2.32. The van der Waals surface area contributed by atoms with Crippen LogP contribution in [-0.2, 0) is 4.79 Å². The molecule has 0 aliphatic heterocycles. The van der Waals surface area contributed by atoms with Crippen molar-refractivity contribution in [2.45, 2.75) is 32.2 Å². The van der Waals surface area contributed by atoms with Crippen LogP contribution in [0.15, 0.2) is 18.2 Å². The predicted molar refractivity (Wildman–Crippen MR) is 74.9 cm³/mol. The van der Waals surface area contributed by atoms with E-state index in [-0.39, 0.29) is 5.56 Å². The SMILES string of the molecule is CCCC[C@H](NC(=O)c1cc(Cl)cc(Cl)c1)C(=O)O. The minimum absolute atomic E-state index is 0.250. The van der Waals surface area contributed by atoms with Gasteiger partial charge in [-0.3, -0.25) is 4.79 Å². The molecule has 19 heavy (non-hydrogen) atoms. The molecule has 0 unspecified atom stereocenters. The lowest BCUT2D eigenvalue weighted by atomic mass is 10.1. The lowest BCUT2D eigenvalue weighted by molar-refractivity contribution is -0.139. The number of halogens is 2. The molecular weight excluding hydrogens is 289 g/mol. The number of benzene rings is 1. The van der Waals surface area contributed by atoms with Gasteiger partial charge in [0, 0.05) is 15.6 Å². The fraction of sp³-hybridized carbons (Fsp3) is 0.385. The van der Waals surface area contributed by atoms with E-state index in [1.165, 1.54) is 18.2 Å². The van der Waals surface area contributed by atoms with Gasteiger partial charge in [0.25, 0.3) is 5.91 Å². The number of amides is 1. The molecule has 2 N–H and O–H groups in total. The van der Waals surface area contributed by atoms with Crippen LogP contribution in [0.1, 0.15) is 36.5 Å². The minimum atomic E-state index is -1.05. The summed E-state index contributed by atoms with van der Waals surface area (Å²) < 4.78 is 0. The van der Waals surface area contributed by atoms with Gasteiger partial charge in [0.2, 0.25) is 0 Å². The van der Waals surface area contributed by atoms with E-state index in [1.807, 2.05) is 6.92 Å². The van der Waals surface area contributed by atoms with Crippen LogP contribution in [-0.4, -0.2) is 23.0 Å². The van der Waals surface area contributed by atoms with Crippen LogP contribution >= 0.6 is 23.2 Å². The Morgan fingerprint density at radius 1 is 1.26 bits per heavy atom. The third-order valence-electron chi connectivity index (χ3n) is 2.57. The molecule has 0 saturated carbocycles. The summed E-state index contributed by atoms with van der Waals surface area (Å²) in [6.45, 7) is 1.96. The molecular formula is C13H15Cl2NO3. The molecule has 1 aromatic carbocycles. The molecule has 4 nitrogen and oxygen atoms in total. The number of carboxylic acids is 1. The summed E-state index contributed by atoms with van der Waals surface area (Å²) in [5.41, 5.74) is 0.250. The second kappa shape index (κ2) is 7.36. The molecule has 1 amide bonds. The lowest BCUT2D eigenvalue weighted by Crippen LogP contribution is -2.40. The van der Waals surface area contributed by atoms with Crippen LogP contribution in [0, 0.1) is 0 Å². The fourth-order valence-corrected chi connectivity index (χ4v) is 2.12. The van der Waals surface area contributed by atoms with Crippen molar-refractivity contribution < 1.29 is 14.7 Å². The van der Waals surface area contributed by atoms with E-state index in [0.29, 0.717) is 16.5 Å². The Labute approximate surface area is 121 Å². The number of carbonyl (C=O) groups is 2. The normalized spacial score (nSPS) is 11.9. The third-order valence-corrected chi connectivity index (χ3v) is 3.01. The molecule has 1 aromatic rings. The van der Waals surface area contributed by atoms with Gasteiger partial charge in [0.05, 0.1) is 0 Å². The van der Waals surface area contributed by atoms with E-state index in [9.17, 15) is 9.59 Å². The summed E-state index contributed by atoms with van der Waals surface area (Å²) in [6, 6.07) is 3.50. The van der Waals surface area contributed by atoms with Crippen molar-refractivity contribution in [2.75, 3.05) is 0 Å². The predicted octanol–water partition coefficient (Wildman–Crippen LogP) is 3.37. The maximum atomic E-state index is 11.9. The van der Waals surface area contributed by atoms with Crippen molar-refractivity contribution >= 4 is 35.1 Å². The van der Waals surface area contributed by atoms with Crippen LogP contribution in [0.5, 0.6) is 0 Å². The Morgan fingerprint density at radius 2 is 1.84 bits per heavy atom. The fourth-order valence-electron chi connectivity index (χ4n) is 1.59. The number of aliphatic carboxylic acids is 1. The highest BCUT2D eigenvalue weighted by atomic mass is 35.5. The number of carbonyl (C=O) groups excluding carboxylic acids is 1. The molecule has 0 aliphatic carbocycles. The molecule has 0 radical (unpaired) electrons. The topological polar surface area (TPSA) is 66.4 Å². The molecule has 0 fully saturated rings. The van der Waals surface area contributed by atoms with Gasteiger partial charge in [-0.1, -0.05) is 43.0 Å². The summed E-state index contributed by atoms with van der Waals surface area (Å²) in [5.74, 6) is -1.54. The zero-order valence-electron chi connectivity index (χ0n) is 10.5. The first-order valence-electron chi connectivity index (χ1n) is 5.93. The van der Waals surface area contributed by atoms with Gasteiger partial charge >= 0.3 is 5.97 Å². The van der Waals surface area contributed by atoms with Crippen molar-refractivity contribution in [1.82, 2.24) is 5.32 Å². The number of hydrogen-bond donors (Lipinski definition) is 2. The van der Waals surface area contributed by atoms with Gasteiger partial charge in [0.15, 0.2) is 0 Å². The maximum Gasteiger partial charge on any atom is 0.326 e. The summed E-state index contributed by atoms with van der Waals surface area (Å²) in [7, 11) is 0. The molecule has 0 aliphatic rings. The molecule has 0 aromatic heterocycles. The Balaban J connectivity index is 2.78. The first-order valence-corrected chi connectivity index (χ1v) is 6.69. The van der Waals surface area contributed by atoms with Crippen LogP contribution in [0.2, 0.25) is 10.0 Å².